The summed E-state index contributed by atoms with van der Waals surface area (Å²) in [5, 5.41) is 7.75. The first-order chi connectivity index (χ1) is 28.8. The van der Waals surface area contributed by atoms with Crippen LogP contribution in [-0.2, 0) is 23.8 Å². The lowest BCUT2D eigenvalue weighted by molar-refractivity contribution is -0.145. The van der Waals surface area contributed by atoms with E-state index in [-0.39, 0.29) is 29.7 Å². The highest BCUT2D eigenvalue weighted by Gasteiger charge is 2.42. The zero-order valence-corrected chi connectivity index (χ0v) is 33.4. The van der Waals surface area contributed by atoms with Gasteiger partial charge in [-0.3, -0.25) is 9.59 Å². The quantitative estimate of drug-likeness (QED) is 0.124. The Bertz CT molecular complexity index is 2380. The average molecular weight is 803 g/mol. The maximum atomic E-state index is 13.9. The van der Waals surface area contributed by atoms with Crippen molar-refractivity contribution < 1.29 is 33.4 Å². The minimum absolute atomic E-state index is 0.0740. The molecule has 0 radical (unpaired) electrons. The van der Waals surface area contributed by atoms with Crippen LogP contribution < -0.4 is 10.6 Å². The molecule has 2 aliphatic heterocycles. The number of fused-ring (bicyclic) bond motifs is 2. The van der Waals surface area contributed by atoms with Gasteiger partial charge in [-0.25, -0.2) is 19.6 Å². The minimum Gasteiger partial charge on any atom is -0.453 e. The molecular weight excluding hydrogens is 753 g/mol. The predicted molar refractivity (Wildman–Crippen MR) is 219 cm³/mol. The highest BCUT2D eigenvalue weighted by Crippen LogP contribution is 2.37. The van der Waals surface area contributed by atoms with E-state index in [9.17, 15) is 19.2 Å². The second kappa shape index (κ2) is 16.4. The number of alkyl carbamates (subject to hydrolysis) is 2. The van der Waals surface area contributed by atoms with Crippen LogP contribution in [0.3, 0.4) is 0 Å². The van der Waals surface area contributed by atoms with E-state index in [4.69, 9.17) is 24.2 Å². The topological polar surface area (TPSA) is 184 Å². The van der Waals surface area contributed by atoms with Crippen molar-refractivity contribution in [1.29, 1.82) is 0 Å². The van der Waals surface area contributed by atoms with Crippen molar-refractivity contribution in [3.63, 3.8) is 0 Å². The molecule has 9 rings (SSSR count). The molecule has 4 amide bonds. The molecule has 2 aliphatic carbocycles. The molecule has 4 fully saturated rings. The lowest BCUT2D eigenvalue weighted by atomic mass is 9.79. The van der Waals surface area contributed by atoms with E-state index in [1.54, 1.807) is 4.90 Å². The summed E-state index contributed by atoms with van der Waals surface area (Å²) < 4.78 is 15.5. The number of morpholine rings is 1. The second-order valence-corrected chi connectivity index (χ2v) is 16.2. The molecular formula is C44H50N8O7. The van der Waals surface area contributed by atoms with Gasteiger partial charge in [0, 0.05) is 18.7 Å². The number of carbonyl (C=O) groups is 4. The molecule has 2 saturated heterocycles. The first-order valence-corrected chi connectivity index (χ1v) is 20.7. The normalized spacial score (nSPS) is 20.8. The number of likely N-dealkylation sites (tertiary alicyclic amines) is 1. The molecule has 59 heavy (non-hydrogen) atoms. The zero-order chi connectivity index (χ0) is 40.6. The Morgan fingerprint density at radius 1 is 0.712 bits per heavy atom. The van der Waals surface area contributed by atoms with Crippen LogP contribution in [0.25, 0.3) is 44.2 Å². The Hall–Kier alpha value is -5.96. The van der Waals surface area contributed by atoms with Gasteiger partial charge in [-0.05, 0) is 96.5 Å². The van der Waals surface area contributed by atoms with Gasteiger partial charge in [0.1, 0.15) is 29.8 Å². The molecule has 0 spiro atoms. The fourth-order valence-corrected chi connectivity index (χ4v) is 9.06. The van der Waals surface area contributed by atoms with Gasteiger partial charge in [0.2, 0.25) is 11.8 Å². The summed E-state index contributed by atoms with van der Waals surface area (Å²) in [4.78, 5) is 72.3. The summed E-state index contributed by atoms with van der Waals surface area (Å²) in [5.74, 6) is 1.37. The highest BCUT2D eigenvalue weighted by atomic mass is 16.5. The summed E-state index contributed by atoms with van der Waals surface area (Å²) >= 11 is 0. The fourth-order valence-electron chi connectivity index (χ4n) is 9.06. The number of hydrogen-bond donors (Lipinski definition) is 4. The average Bonchev–Trinajstić information content (AvgIpc) is 4.01. The number of ether oxygens (including phenoxy) is 3. The third kappa shape index (κ3) is 7.59. The van der Waals surface area contributed by atoms with Crippen molar-refractivity contribution in [3.8, 4) is 22.4 Å². The molecule has 0 bridgehead atoms. The number of benzene rings is 3. The van der Waals surface area contributed by atoms with Crippen LogP contribution in [0.1, 0.15) is 75.1 Å². The van der Waals surface area contributed by atoms with Crippen molar-refractivity contribution in [2.45, 2.75) is 75.5 Å². The number of methoxy groups -OCH3 is 2. The van der Waals surface area contributed by atoms with E-state index in [0.29, 0.717) is 32.1 Å². The molecule has 3 aromatic carbocycles. The minimum atomic E-state index is -0.651. The van der Waals surface area contributed by atoms with E-state index >= 15 is 0 Å². The molecule has 4 aliphatic rings. The zero-order valence-electron chi connectivity index (χ0n) is 33.4. The monoisotopic (exact) mass is 802 g/mol. The van der Waals surface area contributed by atoms with E-state index in [1.165, 1.54) is 14.2 Å². The summed E-state index contributed by atoms with van der Waals surface area (Å²) in [6, 6.07) is 17.0. The van der Waals surface area contributed by atoms with Crippen LogP contribution >= 0.6 is 0 Å². The maximum absolute atomic E-state index is 13.9. The van der Waals surface area contributed by atoms with Crippen LogP contribution in [0.15, 0.2) is 60.8 Å². The number of amides is 4. The Morgan fingerprint density at radius 2 is 1.32 bits per heavy atom. The molecule has 5 aromatic rings. The summed E-state index contributed by atoms with van der Waals surface area (Å²) in [6.45, 7) is 1.73. The number of nitrogens with one attached hydrogen (secondary N) is 4. The molecule has 308 valence electrons. The van der Waals surface area contributed by atoms with Crippen LogP contribution in [0.4, 0.5) is 9.59 Å². The standard InChI is InChI=1S/C44H50N8O7/c1-57-43(55)49-37(25-6-3-7-25)41(53)51-17-5-10-35(51)39-45-23-34(48-39)31-14-13-27-20-28(11-12-29(27)21-31)30-15-16-32-33(22-30)47-40(46-32)36-24-59-19-18-52(36)42(54)38(26-8-4-9-26)50-44(56)58-2/h11-16,20-23,25-26,35-38H,3-10,17-19,24H2,1-2H3,(H,45,48)(H,46,47)(H,49,55)(H,50,56)/t35-,36-,37-,38-/m0/s1. The van der Waals surface area contributed by atoms with Gasteiger partial charge in [-0.2, -0.15) is 0 Å². The van der Waals surface area contributed by atoms with Crippen molar-refractivity contribution in [2.75, 3.05) is 40.5 Å². The van der Waals surface area contributed by atoms with E-state index < -0.39 is 30.3 Å². The predicted octanol–water partition coefficient (Wildman–Crippen LogP) is 6.39. The van der Waals surface area contributed by atoms with Crippen LogP contribution in [0.5, 0.6) is 0 Å². The van der Waals surface area contributed by atoms with Crippen molar-refractivity contribution in [1.82, 2.24) is 40.4 Å². The number of rotatable bonds is 10. The number of aromatic nitrogens is 4. The smallest absolute Gasteiger partial charge is 0.407 e. The molecule has 2 aromatic heterocycles. The Labute approximate surface area is 341 Å². The van der Waals surface area contributed by atoms with E-state index in [2.05, 4.69) is 69.1 Å². The number of carbonyl (C=O) groups excluding carboxylic acids is 4. The van der Waals surface area contributed by atoms with Crippen molar-refractivity contribution in [3.05, 3.63) is 72.4 Å². The third-order valence-corrected chi connectivity index (χ3v) is 12.9. The van der Waals surface area contributed by atoms with Gasteiger partial charge in [0.15, 0.2) is 0 Å². The Kier molecular flexibility index (Phi) is 10.7. The van der Waals surface area contributed by atoms with Crippen LogP contribution in [0.2, 0.25) is 0 Å². The molecule has 4 N–H and O–H groups in total. The second-order valence-electron chi connectivity index (χ2n) is 16.2. The fraction of sp³-hybridized carbons (Fsp3) is 0.455. The largest absolute Gasteiger partial charge is 0.453 e. The molecule has 4 heterocycles. The lowest BCUT2D eigenvalue weighted by Crippen LogP contribution is -2.56. The summed E-state index contributed by atoms with van der Waals surface area (Å²) in [6.07, 6.45) is 7.98. The van der Waals surface area contributed by atoms with Crippen LogP contribution in [-0.4, -0.2) is 106 Å². The highest BCUT2D eigenvalue weighted by molar-refractivity contribution is 5.92. The van der Waals surface area contributed by atoms with Gasteiger partial charge >= 0.3 is 12.2 Å². The van der Waals surface area contributed by atoms with Gasteiger partial charge in [-0.15, -0.1) is 0 Å². The number of nitrogens with zero attached hydrogens (tertiary/aromatic N) is 4. The van der Waals surface area contributed by atoms with Gasteiger partial charge in [0.25, 0.3) is 0 Å². The summed E-state index contributed by atoms with van der Waals surface area (Å²) in [5.41, 5.74) is 5.57. The molecule has 15 nitrogen and oxygen atoms in total. The number of H-pyrrole nitrogens is 2. The maximum Gasteiger partial charge on any atom is 0.407 e. The van der Waals surface area contributed by atoms with Gasteiger partial charge < -0.3 is 44.6 Å². The van der Waals surface area contributed by atoms with Gasteiger partial charge in [-0.1, -0.05) is 43.2 Å². The van der Waals surface area contributed by atoms with E-state index in [0.717, 1.165) is 101 Å². The summed E-state index contributed by atoms with van der Waals surface area (Å²) in [7, 11) is 2.63. The van der Waals surface area contributed by atoms with Crippen molar-refractivity contribution in [2.24, 2.45) is 11.8 Å². The lowest BCUT2D eigenvalue weighted by Gasteiger charge is -2.40. The molecule has 2 saturated carbocycles. The van der Waals surface area contributed by atoms with Crippen LogP contribution in [0, 0.1) is 11.8 Å². The van der Waals surface area contributed by atoms with E-state index in [1.807, 2.05) is 17.2 Å². The van der Waals surface area contributed by atoms with Gasteiger partial charge in [0.05, 0.1) is 56.4 Å². The first kappa shape index (κ1) is 38.6. The molecule has 4 atom stereocenters. The first-order valence-electron chi connectivity index (χ1n) is 20.7. The van der Waals surface area contributed by atoms with Crippen molar-refractivity contribution >= 4 is 45.8 Å². The SMILES string of the molecule is COC(=O)N[C@H](C(=O)N1CCC[C@H]1c1ncc(-c2ccc3cc(-c4ccc5nc([C@@H]6COCCN6C(=O)[C@@H](NC(=O)OC)C6CCC6)[nH]c5c4)ccc3c2)[nH]1)C1CCC1. The third-order valence-electron chi connectivity index (χ3n) is 12.9. The number of hydrogen-bond acceptors (Lipinski definition) is 9. The number of imidazole rings is 2. The molecule has 0 unspecified atom stereocenters. The Morgan fingerprint density at radius 3 is 1.97 bits per heavy atom. The number of aromatic amines is 2. The molecule has 15 heteroatoms. The Balaban J connectivity index is 0.910.